The van der Waals surface area contributed by atoms with Gasteiger partial charge in [0.05, 0.1) is 5.69 Å². The molecule has 0 radical (unpaired) electrons. The number of aryl methyl sites for hydroxylation is 1. The van der Waals surface area contributed by atoms with Crippen molar-refractivity contribution in [1.82, 2.24) is 14.7 Å². The molecule has 1 aliphatic rings. The molecule has 1 fully saturated rings. The van der Waals surface area contributed by atoms with E-state index >= 15 is 0 Å². The van der Waals surface area contributed by atoms with Gasteiger partial charge < -0.3 is 14.5 Å². The lowest BCUT2D eigenvalue weighted by atomic mass is 10.2. The first kappa shape index (κ1) is 17.2. The summed E-state index contributed by atoms with van der Waals surface area (Å²) in [5.41, 5.74) is 1.71. The zero-order chi connectivity index (χ0) is 17.8. The summed E-state index contributed by atoms with van der Waals surface area (Å²) >= 11 is 0. The molecule has 1 amide bonds. The summed E-state index contributed by atoms with van der Waals surface area (Å²) in [5, 5.41) is 4.50. The number of nitrogens with zero attached hydrogens (tertiary/aromatic N) is 4. The Morgan fingerprint density at radius 2 is 1.76 bits per heavy atom. The van der Waals surface area contributed by atoms with E-state index in [9.17, 15) is 9.59 Å². The first-order valence-electron chi connectivity index (χ1n) is 8.27. The van der Waals surface area contributed by atoms with Crippen molar-refractivity contribution in [2.24, 2.45) is 0 Å². The van der Waals surface area contributed by atoms with Gasteiger partial charge in [-0.3, -0.25) is 9.59 Å². The van der Waals surface area contributed by atoms with Gasteiger partial charge in [-0.25, -0.2) is 0 Å². The highest BCUT2D eigenvalue weighted by Gasteiger charge is 2.22. The van der Waals surface area contributed by atoms with E-state index in [-0.39, 0.29) is 18.1 Å². The molecule has 132 valence electrons. The highest BCUT2D eigenvalue weighted by Crippen LogP contribution is 2.14. The van der Waals surface area contributed by atoms with Crippen molar-refractivity contribution < 1.29 is 9.53 Å². The molecular weight excluding hydrogens is 320 g/mol. The topological polar surface area (TPSA) is 67.7 Å². The van der Waals surface area contributed by atoms with E-state index < -0.39 is 0 Å². The number of ether oxygens (including phenoxy) is 1. The summed E-state index contributed by atoms with van der Waals surface area (Å²) in [6.45, 7) is 4.70. The third kappa shape index (κ3) is 3.88. The monoisotopic (exact) mass is 342 g/mol. The lowest BCUT2D eigenvalue weighted by Gasteiger charge is -2.35. The number of anilines is 1. The van der Waals surface area contributed by atoms with Gasteiger partial charge in [0, 0.05) is 39.4 Å². The number of aromatic nitrogens is 2. The molecule has 1 saturated heterocycles. The molecule has 2 heterocycles. The molecular formula is C18H22N4O3. The van der Waals surface area contributed by atoms with E-state index in [1.807, 2.05) is 31.2 Å². The molecule has 3 rings (SSSR count). The summed E-state index contributed by atoms with van der Waals surface area (Å²) in [5.74, 6) is 0.735. The van der Waals surface area contributed by atoms with Gasteiger partial charge in [-0.05, 0) is 25.1 Å². The highest BCUT2D eigenvalue weighted by molar-refractivity contribution is 5.77. The molecule has 1 aromatic carbocycles. The molecule has 0 saturated carbocycles. The van der Waals surface area contributed by atoms with Crippen LogP contribution in [0.4, 0.5) is 5.82 Å². The van der Waals surface area contributed by atoms with Crippen molar-refractivity contribution in [3.63, 3.8) is 0 Å². The maximum absolute atomic E-state index is 12.2. The van der Waals surface area contributed by atoms with Crippen LogP contribution in [0, 0.1) is 6.92 Å². The van der Waals surface area contributed by atoms with Crippen molar-refractivity contribution in [1.29, 1.82) is 0 Å². The van der Waals surface area contributed by atoms with Crippen molar-refractivity contribution >= 4 is 11.7 Å². The number of piperazine rings is 1. The fourth-order valence-corrected chi connectivity index (χ4v) is 2.84. The molecule has 7 nitrogen and oxygen atoms in total. The van der Waals surface area contributed by atoms with Crippen molar-refractivity contribution in [2.75, 3.05) is 44.8 Å². The smallest absolute Gasteiger partial charge is 0.271 e. The third-order valence-electron chi connectivity index (χ3n) is 4.29. The minimum absolute atomic E-state index is 0.000246. The zero-order valence-electron chi connectivity index (χ0n) is 14.5. The summed E-state index contributed by atoms with van der Waals surface area (Å²) in [6.07, 6.45) is 0. The van der Waals surface area contributed by atoms with E-state index in [0.717, 1.165) is 17.1 Å². The Bertz CT molecular complexity index is 793. The quantitative estimate of drug-likeness (QED) is 0.824. The summed E-state index contributed by atoms with van der Waals surface area (Å²) < 4.78 is 6.31. The van der Waals surface area contributed by atoms with Gasteiger partial charge in [0.25, 0.3) is 5.56 Å². The molecule has 0 N–H and O–H groups in total. The third-order valence-corrected chi connectivity index (χ3v) is 4.29. The summed E-state index contributed by atoms with van der Waals surface area (Å²) in [4.78, 5) is 27.9. The van der Waals surface area contributed by atoms with Crippen LogP contribution in [0.2, 0.25) is 0 Å². The molecule has 25 heavy (non-hydrogen) atoms. The molecule has 0 spiro atoms. The van der Waals surface area contributed by atoms with E-state index in [0.29, 0.717) is 26.2 Å². The lowest BCUT2D eigenvalue weighted by Crippen LogP contribution is -2.50. The van der Waals surface area contributed by atoms with Crippen LogP contribution in [0.15, 0.2) is 41.2 Å². The predicted molar refractivity (Wildman–Crippen MR) is 95.2 cm³/mol. The number of carbonyl (C=O) groups excluding carboxylic acids is 1. The van der Waals surface area contributed by atoms with E-state index in [1.54, 1.807) is 11.0 Å². The van der Waals surface area contributed by atoms with Gasteiger partial charge in [-0.2, -0.15) is 4.68 Å². The first-order chi connectivity index (χ1) is 12.1. The number of benzene rings is 1. The van der Waals surface area contributed by atoms with Crippen LogP contribution in [0.3, 0.4) is 0 Å². The molecule has 1 aliphatic heterocycles. The Labute approximate surface area is 146 Å². The molecule has 7 heteroatoms. The van der Waals surface area contributed by atoms with E-state index in [1.165, 1.54) is 17.9 Å². The molecule has 0 bridgehead atoms. The number of carbonyl (C=O) groups is 1. The zero-order valence-corrected chi connectivity index (χ0v) is 14.5. The molecule has 1 aromatic heterocycles. The Hall–Kier alpha value is -2.67. The number of rotatable bonds is 4. The predicted octanol–water partition coefficient (Wildman–Crippen LogP) is 0.836. The van der Waals surface area contributed by atoms with E-state index in [4.69, 9.17) is 4.74 Å². The van der Waals surface area contributed by atoms with E-state index in [2.05, 4.69) is 10.00 Å². The average Bonchev–Trinajstić information content (AvgIpc) is 2.63. The van der Waals surface area contributed by atoms with Gasteiger partial charge in [0.1, 0.15) is 12.4 Å². The van der Waals surface area contributed by atoms with Crippen LogP contribution in [0.1, 0.15) is 5.56 Å². The Kier molecular flexibility index (Phi) is 5.14. The maximum Gasteiger partial charge on any atom is 0.271 e. The molecule has 0 unspecified atom stereocenters. The second-order valence-electron chi connectivity index (χ2n) is 6.08. The van der Waals surface area contributed by atoms with Crippen LogP contribution >= 0.6 is 0 Å². The second kappa shape index (κ2) is 7.48. The first-order valence-corrected chi connectivity index (χ1v) is 8.27. The Balaban J connectivity index is 1.76. The van der Waals surface area contributed by atoms with Crippen LogP contribution < -0.4 is 10.5 Å². The number of hydrogen-bond donors (Lipinski definition) is 0. The molecule has 0 atom stereocenters. The largest absolute Gasteiger partial charge is 0.375 e. The van der Waals surface area contributed by atoms with Gasteiger partial charge in [0.15, 0.2) is 0 Å². The Morgan fingerprint density at radius 3 is 2.40 bits per heavy atom. The average molecular weight is 342 g/mol. The van der Waals surface area contributed by atoms with Crippen molar-refractivity contribution in [3.05, 3.63) is 52.3 Å². The van der Waals surface area contributed by atoms with Crippen LogP contribution in [-0.2, 0) is 9.53 Å². The Morgan fingerprint density at radius 1 is 1.08 bits per heavy atom. The fraction of sp³-hybridized carbons (Fsp3) is 0.389. The van der Waals surface area contributed by atoms with Gasteiger partial charge in [-0.15, -0.1) is 5.10 Å². The second-order valence-corrected chi connectivity index (χ2v) is 6.08. The molecule has 0 aliphatic carbocycles. The maximum atomic E-state index is 12.2. The number of hydrogen-bond acceptors (Lipinski definition) is 5. The highest BCUT2D eigenvalue weighted by atomic mass is 16.5. The van der Waals surface area contributed by atoms with Crippen molar-refractivity contribution in [3.8, 4) is 5.69 Å². The van der Waals surface area contributed by atoms with Crippen LogP contribution in [0.25, 0.3) is 5.69 Å². The number of amides is 1. The lowest BCUT2D eigenvalue weighted by molar-refractivity contribution is -0.135. The fourth-order valence-electron chi connectivity index (χ4n) is 2.84. The molecule has 2 aromatic rings. The van der Waals surface area contributed by atoms with Crippen LogP contribution in [-0.4, -0.2) is 60.5 Å². The van der Waals surface area contributed by atoms with Gasteiger partial charge in [-0.1, -0.05) is 17.7 Å². The van der Waals surface area contributed by atoms with Crippen LogP contribution in [0.5, 0.6) is 0 Å². The summed E-state index contributed by atoms with van der Waals surface area (Å²) in [7, 11) is 1.52. The SMILES string of the molecule is COCC(=O)N1CCN(c2ccc(=O)n(-c3ccc(C)cc3)n2)CC1. The van der Waals surface area contributed by atoms with Gasteiger partial charge >= 0.3 is 0 Å². The normalized spacial score (nSPS) is 14.6. The number of methoxy groups -OCH3 is 1. The van der Waals surface area contributed by atoms with Crippen molar-refractivity contribution in [2.45, 2.75) is 6.92 Å². The van der Waals surface area contributed by atoms with Gasteiger partial charge in [0.2, 0.25) is 5.91 Å². The standard InChI is InChI=1S/C18H22N4O3/c1-14-3-5-15(6-4-14)22-17(23)8-7-16(19-22)20-9-11-21(12-10-20)18(24)13-25-2/h3-8H,9-13H2,1-2H3. The minimum Gasteiger partial charge on any atom is -0.375 e. The minimum atomic E-state index is -0.165. The summed E-state index contributed by atoms with van der Waals surface area (Å²) in [6, 6.07) is 10.9.